The molecule has 2 aromatic rings. The summed E-state index contributed by atoms with van der Waals surface area (Å²) in [4.78, 5) is 26.2. The van der Waals surface area contributed by atoms with Gasteiger partial charge in [-0.25, -0.2) is 14.3 Å². The smallest absolute Gasteiger partial charge is 0.256 e. The third kappa shape index (κ3) is 4.23. The Kier molecular flexibility index (Phi) is 6.25. The molecular formula is C17H25N3O2. The van der Waals surface area contributed by atoms with Gasteiger partial charge < -0.3 is 0 Å². The number of nitrogens with zero attached hydrogens (tertiary/aromatic N) is 2. The second kappa shape index (κ2) is 8.41. The van der Waals surface area contributed by atoms with Gasteiger partial charge in [-0.1, -0.05) is 63.6 Å². The zero-order valence-electron chi connectivity index (χ0n) is 13.3. The van der Waals surface area contributed by atoms with E-state index in [1.807, 2.05) is 30.3 Å². The molecule has 1 aromatic carbocycles. The van der Waals surface area contributed by atoms with E-state index in [-0.39, 0.29) is 11.4 Å². The minimum Gasteiger partial charge on any atom is -0.256 e. The van der Waals surface area contributed by atoms with Crippen LogP contribution in [0.25, 0.3) is 5.69 Å². The highest BCUT2D eigenvalue weighted by atomic mass is 16.2. The third-order valence-electron chi connectivity index (χ3n) is 3.86. The number of para-hydroxylation sites is 1. The Labute approximate surface area is 130 Å². The number of aromatic amines is 1. The highest BCUT2D eigenvalue weighted by Gasteiger charge is 2.10. The van der Waals surface area contributed by atoms with Crippen molar-refractivity contribution in [2.75, 3.05) is 0 Å². The van der Waals surface area contributed by atoms with Crippen LogP contribution in [0.5, 0.6) is 0 Å². The van der Waals surface area contributed by atoms with Crippen LogP contribution >= 0.6 is 0 Å². The molecule has 0 aliphatic rings. The van der Waals surface area contributed by atoms with Gasteiger partial charge in [-0.15, -0.1) is 0 Å². The maximum atomic E-state index is 12.0. The summed E-state index contributed by atoms with van der Waals surface area (Å²) >= 11 is 0. The van der Waals surface area contributed by atoms with Gasteiger partial charge >= 0.3 is 11.4 Å². The van der Waals surface area contributed by atoms with Crippen LogP contribution in [0.15, 0.2) is 39.9 Å². The van der Waals surface area contributed by atoms with E-state index in [1.165, 1.54) is 41.5 Å². The van der Waals surface area contributed by atoms with Gasteiger partial charge in [0.25, 0.3) is 0 Å². The van der Waals surface area contributed by atoms with Crippen molar-refractivity contribution in [3.63, 3.8) is 0 Å². The first-order valence-electron chi connectivity index (χ1n) is 8.21. The van der Waals surface area contributed by atoms with E-state index in [1.54, 1.807) is 0 Å². The molecule has 0 saturated carbocycles. The Balaban J connectivity index is 1.97. The van der Waals surface area contributed by atoms with Crippen LogP contribution in [0.2, 0.25) is 0 Å². The van der Waals surface area contributed by atoms with Crippen LogP contribution in [-0.4, -0.2) is 14.3 Å². The van der Waals surface area contributed by atoms with E-state index in [0.29, 0.717) is 12.2 Å². The predicted octanol–water partition coefficient (Wildman–Crippen LogP) is 3.08. The maximum Gasteiger partial charge on any atom is 0.349 e. The van der Waals surface area contributed by atoms with Gasteiger partial charge in [0, 0.05) is 6.54 Å². The molecule has 0 fully saturated rings. The van der Waals surface area contributed by atoms with E-state index >= 15 is 0 Å². The second-order valence-corrected chi connectivity index (χ2v) is 5.63. The summed E-state index contributed by atoms with van der Waals surface area (Å²) in [7, 11) is 0. The Hall–Kier alpha value is -2.04. The fourth-order valence-electron chi connectivity index (χ4n) is 2.66. The standard InChI is InChI=1S/C17H25N3O2/c1-2-3-4-5-6-7-11-14-19-16(21)18-17(22)20(19)15-12-9-8-10-13-15/h8-10,12-13H,2-7,11,14H2,1H3,(H,18,21,22). The summed E-state index contributed by atoms with van der Waals surface area (Å²) in [5, 5.41) is 0. The predicted molar refractivity (Wildman–Crippen MR) is 88.6 cm³/mol. The lowest BCUT2D eigenvalue weighted by atomic mass is 10.1. The molecule has 0 saturated heterocycles. The van der Waals surface area contributed by atoms with Crippen LogP contribution in [0.3, 0.4) is 0 Å². The van der Waals surface area contributed by atoms with E-state index in [4.69, 9.17) is 0 Å². The zero-order chi connectivity index (χ0) is 15.8. The number of unbranched alkanes of at least 4 members (excludes halogenated alkanes) is 6. The number of nitrogens with one attached hydrogen (secondary N) is 1. The summed E-state index contributed by atoms with van der Waals surface area (Å²) in [6.07, 6.45) is 8.28. The first-order chi connectivity index (χ1) is 10.7. The fourth-order valence-corrected chi connectivity index (χ4v) is 2.66. The highest BCUT2D eigenvalue weighted by molar-refractivity contribution is 5.29. The van der Waals surface area contributed by atoms with Crippen molar-refractivity contribution in [2.24, 2.45) is 0 Å². The molecule has 5 nitrogen and oxygen atoms in total. The lowest BCUT2D eigenvalue weighted by molar-refractivity contribution is 0.479. The second-order valence-electron chi connectivity index (χ2n) is 5.63. The summed E-state index contributed by atoms with van der Waals surface area (Å²) < 4.78 is 2.93. The van der Waals surface area contributed by atoms with Crippen LogP contribution in [0.4, 0.5) is 0 Å². The molecule has 0 aliphatic heterocycles. The van der Waals surface area contributed by atoms with Gasteiger partial charge in [0.15, 0.2) is 0 Å². The molecule has 120 valence electrons. The SMILES string of the molecule is CCCCCCCCCn1c(=O)[nH]c(=O)n1-c1ccccc1. The Morgan fingerprint density at radius 1 is 0.864 bits per heavy atom. The Morgan fingerprint density at radius 2 is 1.50 bits per heavy atom. The summed E-state index contributed by atoms with van der Waals surface area (Å²) in [5.74, 6) is 0. The number of aromatic nitrogens is 3. The Morgan fingerprint density at radius 3 is 2.18 bits per heavy atom. The maximum absolute atomic E-state index is 12.0. The van der Waals surface area contributed by atoms with Gasteiger partial charge in [0.05, 0.1) is 5.69 Å². The van der Waals surface area contributed by atoms with E-state index < -0.39 is 0 Å². The van der Waals surface area contributed by atoms with Crippen molar-refractivity contribution < 1.29 is 0 Å². The molecule has 5 heteroatoms. The molecule has 0 amide bonds. The molecule has 0 aliphatic carbocycles. The molecule has 0 unspecified atom stereocenters. The third-order valence-corrected chi connectivity index (χ3v) is 3.86. The number of hydrogen-bond donors (Lipinski definition) is 1. The summed E-state index contributed by atoms with van der Waals surface area (Å²) in [5.41, 5.74) is 0.00720. The largest absolute Gasteiger partial charge is 0.349 e. The monoisotopic (exact) mass is 303 g/mol. The molecule has 0 bridgehead atoms. The molecule has 0 radical (unpaired) electrons. The average Bonchev–Trinajstić information content (AvgIpc) is 2.81. The van der Waals surface area contributed by atoms with Gasteiger partial charge in [-0.05, 0) is 18.6 Å². The minimum absolute atomic E-state index is 0.333. The van der Waals surface area contributed by atoms with Crippen molar-refractivity contribution in [3.8, 4) is 5.69 Å². The summed E-state index contributed by atoms with van der Waals surface area (Å²) in [6.45, 7) is 2.78. The van der Waals surface area contributed by atoms with Gasteiger partial charge in [0.2, 0.25) is 0 Å². The molecule has 2 rings (SSSR count). The van der Waals surface area contributed by atoms with E-state index in [9.17, 15) is 9.59 Å². The van der Waals surface area contributed by atoms with Gasteiger partial charge in [0.1, 0.15) is 0 Å². The van der Waals surface area contributed by atoms with Crippen molar-refractivity contribution in [1.82, 2.24) is 14.3 Å². The fraction of sp³-hybridized carbons (Fsp3) is 0.529. The molecule has 1 heterocycles. The average molecular weight is 303 g/mol. The van der Waals surface area contributed by atoms with Crippen molar-refractivity contribution in [2.45, 2.75) is 58.4 Å². The zero-order valence-corrected chi connectivity index (χ0v) is 13.3. The number of H-pyrrole nitrogens is 1. The molecular weight excluding hydrogens is 278 g/mol. The number of hydrogen-bond acceptors (Lipinski definition) is 2. The lowest BCUT2D eigenvalue weighted by Gasteiger charge is -2.09. The van der Waals surface area contributed by atoms with Crippen LogP contribution in [0, 0.1) is 0 Å². The van der Waals surface area contributed by atoms with Gasteiger partial charge in [-0.3, -0.25) is 4.98 Å². The molecule has 0 spiro atoms. The van der Waals surface area contributed by atoms with Crippen molar-refractivity contribution in [3.05, 3.63) is 51.3 Å². The first kappa shape index (κ1) is 16.3. The van der Waals surface area contributed by atoms with Gasteiger partial charge in [-0.2, -0.15) is 4.68 Å². The number of rotatable bonds is 9. The molecule has 0 atom stereocenters. The lowest BCUT2D eigenvalue weighted by Crippen LogP contribution is -2.25. The highest BCUT2D eigenvalue weighted by Crippen LogP contribution is 2.08. The van der Waals surface area contributed by atoms with Crippen LogP contribution < -0.4 is 11.4 Å². The van der Waals surface area contributed by atoms with Crippen molar-refractivity contribution >= 4 is 0 Å². The van der Waals surface area contributed by atoms with E-state index in [2.05, 4.69) is 11.9 Å². The quantitative estimate of drug-likeness (QED) is 0.724. The first-order valence-corrected chi connectivity index (χ1v) is 8.21. The molecule has 1 N–H and O–H groups in total. The summed E-state index contributed by atoms with van der Waals surface area (Å²) in [6, 6.07) is 9.26. The number of benzene rings is 1. The normalized spacial score (nSPS) is 11.0. The van der Waals surface area contributed by atoms with Crippen LogP contribution in [-0.2, 0) is 6.54 Å². The topological polar surface area (TPSA) is 59.8 Å². The minimum atomic E-state index is -0.376. The van der Waals surface area contributed by atoms with E-state index in [0.717, 1.165) is 12.8 Å². The van der Waals surface area contributed by atoms with Crippen LogP contribution in [0.1, 0.15) is 51.9 Å². The van der Waals surface area contributed by atoms with Crippen molar-refractivity contribution in [1.29, 1.82) is 0 Å². The molecule has 1 aromatic heterocycles. The Bertz CT molecular complexity index is 667. The molecule has 22 heavy (non-hydrogen) atoms.